The number of carbonyl (C=O) groups excluding carboxylic acids is 4. The molecule has 0 radical (unpaired) electrons. The van der Waals surface area contributed by atoms with Crippen LogP contribution in [0.1, 0.15) is 24.0 Å². The highest BCUT2D eigenvalue weighted by Gasteiger charge is 2.64. The number of allylic oxidation sites excluding steroid dienone is 1. The van der Waals surface area contributed by atoms with Crippen LogP contribution in [0.15, 0.2) is 35.6 Å². The first-order valence-corrected chi connectivity index (χ1v) is 13.2. The lowest BCUT2D eigenvalue weighted by Crippen LogP contribution is -2.65. The highest BCUT2D eigenvalue weighted by atomic mass is 79.9. The van der Waals surface area contributed by atoms with E-state index in [1.807, 2.05) is 0 Å². The molecule has 0 aromatic heterocycles. The van der Waals surface area contributed by atoms with Gasteiger partial charge in [0, 0.05) is 11.5 Å². The van der Waals surface area contributed by atoms with Gasteiger partial charge in [0.05, 0.1) is 21.5 Å². The maximum Gasteiger partial charge on any atom is 0.255 e. The number of alkyl halides is 1. The number of nitrogens with zero attached hydrogens (tertiary/aromatic N) is 1. The van der Waals surface area contributed by atoms with Crippen molar-refractivity contribution in [2.45, 2.75) is 35.7 Å². The predicted molar refractivity (Wildman–Crippen MR) is 145 cm³/mol. The molecule has 0 bridgehead atoms. The van der Waals surface area contributed by atoms with Crippen LogP contribution in [0.5, 0.6) is 5.75 Å². The van der Waals surface area contributed by atoms with Gasteiger partial charge in [0.2, 0.25) is 11.7 Å². The van der Waals surface area contributed by atoms with Crippen molar-refractivity contribution in [2.24, 2.45) is 17.6 Å². The zero-order valence-electron chi connectivity index (χ0n) is 21.0. The summed E-state index contributed by atoms with van der Waals surface area (Å²) in [7, 11) is 3.04. The molecule has 39 heavy (non-hydrogen) atoms. The predicted octanol–water partition coefficient (Wildman–Crippen LogP) is 1.90. The molecule has 5 atom stereocenters. The largest absolute Gasteiger partial charge is 0.508 e. The molecule has 3 unspecified atom stereocenters. The number of Topliss-reactive ketones (excluding diaryl/α,β-unsaturated/α-hetero) is 2. The average molecular weight is 625 g/mol. The summed E-state index contributed by atoms with van der Waals surface area (Å²) in [5.74, 6) is -8.19. The molecule has 11 nitrogen and oxygen atoms in total. The Kier molecular flexibility index (Phi) is 7.45. The molecule has 3 aliphatic rings. The molecule has 3 aliphatic carbocycles. The maximum absolute atomic E-state index is 13.9. The molecule has 1 fully saturated rings. The van der Waals surface area contributed by atoms with Crippen molar-refractivity contribution in [3.63, 3.8) is 0 Å². The summed E-state index contributed by atoms with van der Waals surface area (Å²) < 4.78 is 0. The Labute approximate surface area is 236 Å². The molecule has 1 saturated carbocycles. The van der Waals surface area contributed by atoms with E-state index in [4.69, 9.17) is 17.3 Å². The number of hydrogen-bond acceptors (Lipinski definition) is 9. The van der Waals surface area contributed by atoms with E-state index in [1.165, 1.54) is 31.1 Å². The molecule has 0 spiro atoms. The molecule has 0 saturated heterocycles. The van der Waals surface area contributed by atoms with Crippen molar-refractivity contribution in [1.82, 2.24) is 4.90 Å². The van der Waals surface area contributed by atoms with Crippen LogP contribution in [-0.4, -0.2) is 79.3 Å². The molecular formula is C26H27BrClN3O8. The average Bonchev–Trinajstić information content (AvgIpc) is 2.83. The Balaban J connectivity index is 1.88. The van der Waals surface area contributed by atoms with E-state index in [0.29, 0.717) is 5.56 Å². The topological polar surface area (TPSA) is 190 Å². The van der Waals surface area contributed by atoms with E-state index < -0.39 is 74.5 Å². The highest BCUT2D eigenvalue weighted by molar-refractivity contribution is 9.10. The van der Waals surface area contributed by atoms with Crippen molar-refractivity contribution in [1.29, 1.82) is 0 Å². The van der Waals surface area contributed by atoms with Gasteiger partial charge in [-0.15, -0.1) is 6.58 Å². The minimum Gasteiger partial charge on any atom is -0.508 e. The minimum atomic E-state index is -2.74. The Morgan fingerprint density at radius 2 is 1.97 bits per heavy atom. The number of hydrogen-bond donors (Lipinski definition) is 6. The number of nitrogens with one attached hydrogen (secondary N) is 1. The van der Waals surface area contributed by atoms with E-state index >= 15 is 0 Å². The van der Waals surface area contributed by atoms with E-state index in [2.05, 4.69) is 27.8 Å². The summed E-state index contributed by atoms with van der Waals surface area (Å²) in [6.07, 6.45) is 1.83. The number of halogens is 2. The van der Waals surface area contributed by atoms with Gasteiger partial charge in [-0.25, -0.2) is 0 Å². The molecule has 0 heterocycles. The number of ketones is 2. The lowest BCUT2D eigenvalue weighted by atomic mass is 9.57. The maximum atomic E-state index is 13.9. The summed E-state index contributed by atoms with van der Waals surface area (Å²) >= 11 is 9.58. The second kappa shape index (κ2) is 10.1. The molecular weight excluding hydrogens is 598 g/mol. The van der Waals surface area contributed by atoms with Gasteiger partial charge in [-0.2, -0.15) is 0 Å². The number of phenols is 1. The van der Waals surface area contributed by atoms with Crippen molar-refractivity contribution < 1.29 is 39.6 Å². The smallest absolute Gasteiger partial charge is 0.255 e. The number of fused-ring (bicyclic) bond motifs is 3. The zero-order chi connectivity index (χ0) is 29.1. The standard InChI is InChI=1S/C26H27BrClN3O8/c1-4-5-12(27)25(38)30-17-13(28)8-10-6-9-7-11-18(31(2)3)21(34)16(24(29)37)23(36)26(11,39)22(35)15(9)19(32)14(10)20(17)33/h4,8-9,11-12,18,32-33,36,39H,1,5-7H2,2-3H3,(H2,29,37)(H,30,38)/t9?,11?,12?,18-,26-/m0/s1. The third-order valence-electron chi connectivity index (χ3n) is 7.57. The first kappa shape index (κ1) is 28.8. The number of carbonyl (C=O) groups is 4. The highest BCUT2D eigenvalue weighted by Crippen LogP contribution is 2.54. The molecule has 4 rings (SSSR count). The number of amides is 2. The number of nitrogens with two attached hydrogens (primary N) is 1. The number of rotatable bonds is 6. The van der Waals surface area contributed by atoms with Gasteiger partial charge >= 0.3 is 0 Å². The van der Waals surface area contributed by atoms with Crippen molar-refractivity contribution in [2.75, 3.05) is 19.4 Å². The van der Waals surface area contributed by atoms with Crippen LogP contribution in [0, 0.1) is 11.8 Å². The molecule has 1 aromatic rings. The molecule has 208 valence electrons. The number of likely N-dealkylation sites (N-methyl/N-ethyl adjacent to an activating group) is 1. The molecule has 0 aliphatic heterocycles. The van der Waals surface area contributed by atoms with Crippen molar-refractivity contribution in [3.05, 3.63) is 51.8 Å². The number of anilines is 1. The summed E-state index contributed by atoms with van der Waals surface area (Å²) in [4.78, 5) is 52.3. The third-order valence-corrected chi connectivity index (χ3v) is 8.66. The Morgan fingerprint density at radius 1 is 1.33 bits per heavy atom. The number of primary amides is 1. The summed E-state index contributed by atoms with van der Waals surface area (Å²) in [5, 5.41) is 47.3. The Hall–Kier alpha value is -3.19. The fourth-order valence-corrected chi connectivity index (χ4v) is 6.49. The number of benzene rings is 1. The second-order valence-corrected chi connectivity index (χ2v) is 11.6. The third kappa shape index (κ3) is 4.26. The lowest BCUT2D eigenvalue weighted by Gasteiger charge is -2.50. The first-order chi connectivity index (χ1) is 18.2. The fourth-order valence-electron chi connectivity index (χ4n) is 5.84. The summed E-state index contributed by atoms with van der Waals surface area (Å²) in [6, 6.07) is 0.268. The lowest BCUT2D eigenvalue weighted by molar-refractivity contribution is -0.153. The van der Waals surface area contributed by atoms with Gasteiger partial charge in [0.15, 0.2) is 17.1 Å². The Morgan fingerprint density at radius 3 is 2.54 bits per heavy atom. The zero-order valence-corrected chi connectivity index (χ0v) is 23.3. The molecule has 13 heteroatoms. The van der Waals surface area contributed by atoms with Gasteiger partial charge in [0.1, 0.15) is 22.8 Å². The fraction of sp³-hybridized carbons (Fsp3) is 0.385. The quantitative estimate of drug-likeness (QED) is 0.119. The number of aliphatic hydroxyl groups is 3. The van der Waals surface area contributed by atoms with E-state index in [9.17, 15) is 39.6 Å². The van der Waals surface area contributed by atoms with Crippen LogP contribution in [0.4, 0.5) is 5.69 Å². The summed E-state index contributed by atoms with van der Waals surface area (Å²) in [5.41, 5.74) is 1.37. The van der Waals surface area contributed by atoms with E-state index in [-0.39, 0.29) is 41.1 Å². The number of aliphatic hydroxyl groups excluding tert-OH is 2. The van der Waals surface area contributed by atoms with Gasteiger partial charge < -0.3 is 31.5 Å². The van der Waals surface area contributed by atoms with Crippen LogP contribution in [0.3, 0.4) is 0 Å². The second-order valence-electron chi connectivity index (χ2n) is 10.1. The van der Waals surface area contributed by atoms with Crippen LogP contribution in [-0.2, 0) is 25.6 Å². The molecule has 2 amide bonds. The van der Waals surface area contributed by atoms with Gasteiger partial charge in [-0.1, -0.05) is 33.6 Å². The monoisotopic (exact) mass is 623 g/mol. The van der Waals surface area contributed by atoms with Crippen LogP contribution < -0.4 is 11.1 Å². The molecule has 7 N–H and O–H groups in total. The minimum absolute atomic E-state index is 0.0153. The van der Waals surface area contributed by atoms with Gasteiger partial charge in [-0.05, 0) is 50.9 Å². The van der Waals surface area contributed by atoms with Crippen LogP contribution in [0.2, 0.25) is 5.02 Å². The first-order valence-electron chi connectivity index (χ1n) is 11.9. The van der Waals surface area contributed by atoms with Gasteiger partial charge in [-0.3, -0.25) is 24.1 Å². The SMILES string of the molecule is C=CCC(Br)C(=O)Nc1c(Cl)cc2c(c1O)C(O)=C1C(=O)[C@]3(O)C(O)=C(C(N)=O)C(=O)[C@@H](N(C)C)C3CC1C2. The molecule has 1 aromatic carbocycles. The van der Waals surface area contributed by atoms with Crippen LogP contribution >= 0.6 is 27.5 Å². The van der Waals surface area contributed by atoms with E-state index in [1.54, 1.807) is 0 Å². The number of phenolic OH excluding ortho intramolecular Hbond substituents is 1. The van der Waals surface area contributed by atoms with Gasteiger partial charge in [0.25, 0.3) is 5.91 Å². The summed E-state index contributed by atoms with van der Waals surface area (Å²) in [6.45, 7) is 3.57. The number of aromatic hydroxyl groups is 1. The normalized spacial score (nSPS) is 27.1. The van der Waals surface area contributed by atoms with Crippen LogP contribution in [0.25, 0.3) is 5.76 Å². The van der Waals surface area contributed by atoms with Crippen molar-refractivity contribution in [3.8, 4) is 5.75 Å². The van der Waals surface area contributed by atoms with Crippen molar-refractivity contribution >= 4 is 62.4 Å². The Bertz CT molecular complexity index is 1400. The van der Waals surface area contributed by atoms with E-state index in [0.717, 1.165) is 0 Å².